The maximum absolute atomic E-state index is 13.8. The third-order valence-corrected chi connectivity index (χ3v) is 7.95. The quantitative estimate of drug-likeness (QED) is 0.182. The van der Waals surface area contributed by atoms with E-state index >= 15 is 0 Å². The first-order chi connectivity index (χ1) is 18.5. The van der Waals surface area contributed by atoms with Crippen molar-refractivity contribution < 1.29 is 14.5 Å². The van der Waals surface area contributed by atoms with Gasteiger partial charge in [0.2, 0.25) is 0 Å². The number of nitro benzene ring substituents is 1. The number of ether oxygens (including phenoxy) is 1. The molecule has 7 nitrogen and oxygen atoms in total. The number of hydrogen-bond acceptors (Lipinski definition) is 6. The smallest absolute Gasteiger partial charge is 0.269 e. The number of aliphatic imine (C=N–C) groups is 1. The molecule has 0 bridgehead atoms. The van der Waals surface area contributed by atoms with Gasteiger partial charge in [0.15, 0.2) is 5.17 Å². The Morgan fingerprint density at radius 1 is 1.03 bits per heavy atom. The summed E-state index contributed by atoms with van der Waals surface area (Å²) in [5.41, 5.74) is 2.48. The summed E-state index contributed by atoms with van der Waals surface area (Å²) in [6.45, 7) is 2.48. The van der Waals surface area contributed by atoms with Crippen molar-refractivity contribution in [1.29, 1.82) is 0 Å². The number of hydrogen-bond donors (Lipinski definition) is 0. The summed E-state index contributed by atoms with van der Waals surface area (Å²) in [7, 11) is 0. The summed E-state index contributed by atoms with van der Waals surface area (Å²) in [5.74, 6) is 1.03. The van der Waals surface area contributed by atoms with Gasteiger partial charge in [0.25, 0.3) is 11.6 Å². The Morgan fingerprint density at radius 2 is 1.74 bits per heavy atom. The van der Waals surface area contributed by atoms with Crippen molar-refractivity contribution in [3.63, 3.8) is 0 Å². The van der Waals surface area contributed by atoms with Crippen LogP contribution in [0.2, 0.25) is 0 Å². The van der Waals surface area contributed by atoms with Gasteiger partial charge in [-0.2, -0.15) is 0 Å². The topological polar surface area (TPSA) is 85.0 Å². The van der Waals surface area contributed by atoms with Gasteiger partial charge in [0.1, 0.15) is 12.4 Å². The summed E-state index contributed by atoms with van der Waals surface area (Å²) in [5, 5.41) is 11.6. The Morgan fingerprint density at radius 3 is 2.47 bits per heavy atom. The lowest BCUT2D eigenvalue weighted by atomic mass is 9.85. The van der Waals surface area contributed by atoms with Crippen molar-refractivity contribution in [2.45, 2.75) is 45.3 Å². The predicted octanol–water partition coefficient (Wildman–Crippen LogP) is 7.36. The highest BCUT2D eigenvalue weighted by atomic mass is 32.2. The second kappa shape index (κ2) is 11.6. The van der Waals surface area contributed by atoms with Gasteiger partial charge in [-0.3, -0.25) is 19.8 Å². The molecule has 1 saturated carbocycles. The molecule has 3 aromatic carbocycles. The molecule has 1 saturated heterocycles. The zero-order valence-electron chi connectivity index (χ0n) is 21.2. The average molecular weight is 528 g/mol. The van der Waals surface area contributed by atoms with E-state index in [2.05, 4.69) is 6.92 Å². The maximum Gasteiger partial charge on any atom is 0.269 e. The number of amidine groups is 1. The summed E-state index contributed by atoms with van der Waals surface area (Å²) in [6, 6.07) is 23.8. The lowest BCUT2D eigenvalue weighted by Crippen LogP contribution is -2.44. The van der Waals surface area contributed by atoms with Gasteiger partial charge in [-0.05, 0) is 72.5 Å². The maximum atomic E-state index is 13.8. The number of nitro groups is 1. The van der Waals surface area contributed by atoms with Crippen LogP contribution in [0.1, 0.15) is 43.7 Å². The molecule has 1 aliphatic heterocycles. The van der Waals surface area contributed by atoms with Crippen molar-refractivity contribution >= 4 is 40.3 Å². The van der Waals surface area contributed by atoms with E-state index in [0.717, 1.165) is 41.2 Å². The van der Waals surface area contributed by atoms with E-state index in [1.807, 2.05) is 65.6 Å². The Kier molecular flexibility index (Phi) is 7.89. The Balaban J connectivity index is 1.42. The molecule has 0 aromatic heterocycles. The number of carbonyl (C=O) groups excluding carboxylic acids is 1. The van der Waals surface area contributed by atoms with Crippen LogP contribution in [-0.4, -0.2) is 26.9 Å². The Bertz CT molecular complexity index is 1370. The number of nitrogens with zero attached hydrogens (tertiary/aromatic N) is 3. The molecule has 1 heterocycles. The van der Waals surface area contributed by atoms with Crippen LogP contribution in [0.25, 0.3) is 6.08 Å². The van der Waals surface area contributed by atoms with Gasteiger partial charge < -0.3 is 4.74 Å². The molecule has 2 fully saturated rings. The zero-order chi connectivity index (χ0) is 26.5. The monoisotopic (exact) mass is 527 g/mol. The summed E-state index contributed by atoms with van der Waals surface area (Å²) >= 11 is 1.41. The van der Waals surface area contributed by atoms with Gasteiger partial charge in [0, 0.05) is 23.7 Å². The number of carbonyl (C=O) groups is 1. The van der Waals surface area contributed by atoms with Crippen LogP contribution in [0.4, 0.5) is 11.4 Å². The summed E-state index contributed by atoms with van der Waals surface area (Å²) in [4.78, 5) is 31.7. The Labute approximate surface area is 226 Å². The van der Waals surface area contributed by atoms with E-state index in [-0.39, 0.29) is 24.2 Å². The molecule has 0 spiro atoms. The lowest BCUT2D eigenvalue weighted by Gasteiger charge is -2.35. The molecule has 2 aliphatic rings. The fourth-order valence-electron chi connectivity index (χ4n) is 4.90. The first kappa shape index (κ1) is 25.7. The fraction of sp³-hybridized carbons (Fsp3) is 0.267. The van der Waals surface area contributed by atoms with Crippen molar-refractivity contribution in [1.82, 2.24) is 4.90 Å². The number of non-ortho nitro benzene ring substituents is 1. The van der Waals surface area contributed by atoms with E-state index in [9.17, 15) is 14.9 Å². The van der Waals surface area contributed by atoms with E-state index < -0.39 is 4.92 Å². The van der Waals surface area contributed by atoms with Gasteiger partial charge in [0.05, 0.1) is 15.5 Å². The highest BCUT2D eigenvalue weighted by Crippen LogP contribution is 2.40. The Hall–Kier alpha value is -3.91. The van der Waals surface area contributed by atoms with Gasteiger partial charge in [-0.25, -0.2) is 4.99 Å². The van der Waals surface area contributed by atoms with Crippen LogP contribution >= 0.6 is 11.8 Å². The molecule has 194 valence electrons. The van der Waals surface area contributed by atoms with Crippen LogP contribution in [-0.2, 0) is 11.4 Å². The largest absolute Gasteiger partial charge is 0.488 e. The molecule has 0 unspecified atom stereocenters. The number of para-hydroxylation sites is 2. The highest BCUT2D eigenvalue weighted by Gasteiger charge is 2.41. The van der Waals surface area contributed by atoms with Crippen molar-refractivity contribution in [3.05, 3.63) is 105 Å². The van der Waals surface area contributed by atoms with E-state index in [0.29, 0.717) is 16.6 Å². The van der Waals surface area contributed by atoms with E-state index in [4.69, 9.17) is 9.73 Å². The minimum absolute atomic E-state index is 0.0198. The zero-order valence-corrected chi connectivity index (χ0v) is 22.0. The minimum Gasteiger partial charge on any atom is -0.488 e. The van der Waals surface area contributed by atoms with Crippen LogP contribution in [0.3, 0.4) is 0 Å². The molecular weight excluding hydrogens is 498 g/mol. The van der Waals surface area contributed by atoms with Crippen molar-refractivity contribution in [3.8, 4) is 5.75 Å². The van der Waals surface area contributed by atoms with E-state index in [1.54, 1.807) is 12.1 Å². The molecule has 3 aromatic rings. The number of benzene rings is 3. The lowest BCUT2D eigenvalue weighted by molar-refractivity contribution is -0.384. The standard InChI is InChI=1S/C30H29N3O4S/c1-21-9-5-7-13-26(21)32-29(34)28(38-30(32)31-24-11-3-2-4-12-24)19-23-10-6-8-14-27(23)37-20-22-15-17-25(18-16-22)33(35)36/h2-4,6,8,10-12,14-19,21,26H,5,7,9,13,20H2,1H3/b28-19-,31-30?/t21-,26+/m1/s1. The molecule has 1 amide bonds. The first-order valence-corrected chi connectivity index (χ1v) is 13.6. The van der Waals surface area contributed by atoms with Gasteiger partial charge in [-0.15, -0.1) is 0 Å². The van der Waals surface area contributed by atoms with Gasteiger partial charge in [-0.1, -0.05) is 56.2 Å². The van der Waals surface area contributed by atoms with Crippen LogP contribution in [0, 0.1) is 16.0 Å². The molecule has 5 rings (SSSR count). The minimum atomic E-state index is -0.422. The fourth-order valence-corrected chi connectivity index (χ4v) is 5.93. The molecule has 0 N–H and O–H groups in total. The molecule has 1 aliphatic carbocycles. The second-order valence-electron chi connectivity index (χ2n) is 9.59. The number of thioether (sulfide) groups is 1. The van der Waals surface area contributed by atoms with Gasteiger partial charge >= 0.3 is 0 Å². The third-order valence-electron chi connectivity index (χ3n) is 6.96. The SMILES string of the molecule is C[C@@H]1CCCC[C@@H]1N1C(=O)/C(=C/c2ccccc2OCc2ccc([N+](=O)[O-])cc2)SC1=Nc1ccccc1. The number of amides is 1. The van der Waals surface area contributed by atoms with E-state index in [1.165, 1.54) is 30.3 Å². The van der Waals surface area contributed by atoms with Crippen molar-refractivity contribution in [2.75, 3.05) is 0 Å². The number of rotatable bonds is 7. The van der Waals surface area contributed by atoms with Crippen LogP contribution < -0.4 is 4.74 Å². The second-order valence-corrected chi connectivity index (χ2v) is 10.6. The molecule has 0 radical (unpaired) electrons. The highest BCUT2D eigenvalue weighted by molar-refractivity contribution is 8.18. The average Bonchev–Trinajstić information content (AvgIpc) is 3.23. The molecule has 2 atom stereocenters. The summed E-state index contributed by atoms with van der Waals surface area (Å²) in [6.07, 6.45) is 6.27. The molecule has 8 heteroatoms. The molecular formula is C30H29N3O4S. The van der Waals surface area contributed by atoms with Crippen LogP contribution in [0.5, 0.6) is 5.75 Å². The first-order valence-electron chi connectivity index (χ1n) is 12.8. The van der Waals surface area contributed by atoms with Crippen molar-refractivity contribution in [2.24, 2.45) is 10.9 Å². The predicted molar refractivity (Wildman–Crippen MR) is 151 cm³/mol. The normalized spacial score (nSPS) is 21.7. The summed E-state index contributed by atoms with van der Waals surface area (Å²) < 4.78 is 6.07. The third kappa shape index (κ3) is 5.81. The van der Waals surface area contributed by atoms with Crippen LogP contribution in [0.15, 0.2) is 88.8 Å². The molecule has 38 heavy (non-hydrogen) atoms.